The zero-order valence-electron chi connectivity index (χ0n) is 24.6. The molecule has 7 N–H and O–H groups in total. The van der Waals surface area contributed by atoms with E-state index in [4.69, 9.17) is 21.0 Å². The number of aryl methyl sites for hydroxylation is 1. The number of nitrogens with two attached hydrogens (primary N) is 1. The van der Waals surface area contributed by atoms with E-state index in [1.807, 2.05) is 0 Å². The van der Waals surface area contributed by atoms with E-state index in [0.717, 1.165) is 12.0 Å². The summed E-state index contributed by atoms with van der Waals surface area (Å²) in [6, 6.07) is 23.6. The topological polar surface area (TPSA) is 215 Å². The van der Waals surface area contributed by atoms with Crippen LogP contribution in [0.3, 0.4) is 0 Å². The van der Waals surface area contributed by atoms with Gasteiger partial charge < -0.3 is 26.0 Å². The van der Waals surface area contributed by atoms with Gasteiger partial charge in [-0.05, 0) is 96.7 Å². The first-order valence-electron chi connectivity index (χ1n) is 13.4. The van der Waals surface area contributed by atoms with Crippen molar-refractivity contribution >= 4 is 69.0 Å². The van der Waals surface area contributed by atoms with E-state index in [-0.39, 0.29) is 51.6 Å². The van der Waals surface area contributed by atoms with Crippen molar-refractivity contribution in [2.24, 2.45) is 20.5 Å². The number of nitrogens with one attached hydrogen (secondary N) is 1. The zero-order chi connectivity index (χ0) is 33.2. The van der Waals surface area contributed by atoms with E-state index in [1.54, 1.807) is 85.8 Å². The third-order valence-corrected chi connectivity index (χ3v) is 7.64. The number of fused-ring (bicyclic) bond motifs is 1. The fraction of sp³-hybridized carbons (Fsp3) is 0.0667. The molecule has 18 heteroatoms. The van der Waals surface area contributed by atoms with Crippen molar-refractivity contribution in [1.29, 1.82) is 0 Å². The molecule has 1 radical (unpaired) electrons. The molecule has 0 saturated carbocycles. The Morgan fingerprint density at radius 2 is 1.48 bits per heavy atom. The summed E-state index contributed by atoms with van der Waals surface area (Å²) in [5.41, 5.74) is 8.70. The van der Waals surface area contributed by atoms with Crippen LogP contribution in [0.5, 0.6) is 17.2 Å². The summed E-state index contributed by atoms with van der Waals surface area (Å²) in [5.74, 6) is 0.188. The zero-order valence-corrected chi connectivity index (χ0v) is 27.2. The predicted molar refractivity (Wildman–Crippen MR) is 175 cm³/mol. The number of anilines is 2. The Balaban J connectivity index is 0.00000520. The molecule has 5 aromatic carbocycles. The molecule has 0 fully saturated rings. The van der Waals surface area contributed by atoms with Gasteiger partial charge in [0.1, 0.15) is 22.9 Å². The first-order valence-corrected chi connectivity index (χ1v) is 14.9. The summed E-state index contributed by atoms with van der Waals surface area (Å²) in [4.78, 5) is 0.916. The molecular weight excluding hydrogens is 716 g/mol. The normalized spacial score (nSPS) is 11.3. The van der Waals surface area contributed by atoms with E-state index >= 15 is 0 Å². The van der Waals surface area contributed by atoms with Gasteiger partial charge in [-0.1, -0.05) is 10.1 Å². The van der Waals surface area contributed by atoms with Gasteiger partial charge in [0, 0.05) is 44.8 Å². The SMILES string of the molecule is Cc1cc(N=Nc2c(SOOO)cc3cc(NCOc4ccc(N)cc4)ccc3c2O)c(O)cc1N=Nc1ccc(SOOO)cc1.[Cu]. The molecule has 0 bridgehead atoms. The number of benzene rings is 5. The molecular formula is C30H26CuN6O9S2. The fourth-order valence-electron chi connectivity index (χ4n) is 4.14. The van der Waals surface area contributed by atoms with E-state index < -0.39 is 0 Å². The average Bonchev–Trinajstić information content (AvgIpc) is 3.08. The van der Waals surface area contributed by atoms with Gasteiger partial charge in [0.15, 0.2) is 12.5 Å². The minimum Gasteiger partial charge on any atom is -0.506 e. The van der Waals surface area contributed by atoms with Crippen molar-refractivity contribution in [2.45, 2.75) is 16.7 Å². The van der Waals surface area contributed by atoms with Gasteiger partial charge >= 0.3 is 0 Å². The number of azo groups is 2. The van der Waals surface area contributed by atoms with E-state index in [0.29, 0.717) is 61.8 Å². The Hall–Kier alpha value is -4.46. The quantitative estimate of drug-likeness (QED) is 0.0119. The Bertz CT molecular complexity index is 1900. The Morgan fingerprint density at radius 1 is 0.771 bits per heavy atom. The summed E-state index contributed by atoms with van der Waals surface area (Å²) < 4.78 is 14.7. The number of aromatic hydroxyl groups is 2. The minimum atomic E-state index is -0.234. The molecule has 5 aromatic rings. The van der Waals surface area contributed by atoms with Gasteiger partial charge in [0.25, 0.3) is 0 Å². The van der Waals surface area contributed by atoms with Crippen LogP contribution >= 0.6 is 24.1 Å². The molecule has 0 aliphatic heterocycles. The summed E-state index contributed by atoms with van der Waals surface area (Å²) >= 11 is 1.41. The number of hydrogen-bond donors (Lipinski definition) is 6. The molecule has 0 spiro atoms. The molecule has 5 rings (SSSR count). The number of phenolic OH excluding ortho intramolecular Hbond substituents is 2. The number of hydrogen-bond acceptors (Lipinski definition) is 17. The van der Waals surface area contributed by atoms with Crippen LogP contribution in [0, 0.1) is 6.92 Å². The van der Waals surface area contributed by atoms with Crippen LogP contribution in [-0.2, 0) is 35.8 Å². The first kappa shape index (κ1) is 36.4. The first-order chi connectivity index (χ1) is 22.8. The molecule has 48 heavy (non-hydrogen) atoms. The molecule has 0 heterocycles. The third-order valence-electron chi connectivity index (χ3n) is 6.42. The van der Waals surface area contributed by atoms with Gasteiger partial charge in [0.05, 0.1) is 40.4 Å². The van der Waals surface area contributed by atoms with Gasteiger partial charge in [0.2, 0.25) is 0 Å². The Kier molecular flexibility index (Phi) is 13.4. The standard InChI is InChI=1S/C30H26N6O9S2.Cu/c1-17-12-26(27(37)15-25(17)34-33-20-4-9-23(10-5-20)46-44-42-39)35-36-29-28(47-45-43-40)14-18-13-21(6-11-24(18)30(29)38)32-16-41-22-7-2-19(31)3-8-22;/h2-15,32,37-40H,16,31H2,1H3;. The van der Waals surface area contributed by atoms with Crippen LogP contribution in [0.15, 0.2) is 115 Å². The maximum Gasteiger partial charge on any atom is 0.159 e. The summed E-state index contributed by atoms with van der Waals surface area (Å²) in [5, 5.41) is 67.1. The second-order valence-electron chi connectivity index (χ2n) is 9.52. The molecule has 253 valence electrons. The van der Waals surface area contributed by atoms with Gasteiger partial charge in [-0.3, -0.25) is 0 Å². The van der Waals surface area contributed by atoms with Gasteiger partial charge in [-0.15, -0.1) is 18.9 Å². The van der Waals surface area contributed by atoms with Crippen molar-refractivity contribution in [3.05, 3.63) is 90.5 Å². The van der Waals surface area contributed by atoms with Gasteiger partial charge in [-0.25, -0.2) is 10.5 Å². The van der Waals surface area contributed by atoms with E-state index in [9.17, 15) is 10.2 Å². The molecule has 0 aromatic heterocycles. The number of nitrogens with zero attached hydrogens (tertiary/aromatic N) is 4. The van der Waals surface area contributed by atoms with Crippen molar-refractivity contribution in [1.82, 2.24) is 0 Å². The minimum absolute atomic E-state index is 0. The van der Waals surface area contributed by atoms with Crippen molar-refractivity contribution < 1.29 is 61.3 Å². The maximum absolute atomic E-state index is 11.2. The number of nitrogen functional groups attached to an aromatic ring is 1. The number of rotatable bonds is 14. The summed E-state index contributed by atoms with van der Waals surface area (Å²) in [7, 11) is 0. The predicted octanol–water partition coefficient (Wildman–Crippen LogP) is 9.27. The van der Waals surface area contributed by atoms with Crippen LogP contribution in [0.4, 0.5) is 34.1 Å². The largest absolute Gasteiger partial charge is 0.506 e. The Morgan fingerprint density at radius 3 is 2.21 bits per heavy atom. The maximum atomic E-state index is 11.2. The molecule has 0 aliphatic carbocycles. The molecule has 0 atom stereocenters. The molecule has 0 aliphatic rings. The molecule has 15 nitrogen and oxygen atoms in total. The number of phenols is 2. The molecule has 0 unspecified atom stereocenters. The molecule has 0 saturated heterocycles. The summed E-state index contributed by atoms with van der Waals surface area (Å²) in [6.45, 7) is 1.93. The van der Waals surface area contributed by atoms with Crippen molar-refractivity contribution in [3.8, 4) is 17.2 Å². The van der Waals surface area contributed by atoms with Crippen molar-refractivity contribution in [3.63, 3.8) is 0 Å². The van der Waals surface area contributed by atoms with Crippen LogP contribution < -0.4 is 15.8 Å². The molecule has 0 amide bonds. The number of ether oxygens (including phenoxy) is 1. The van der Waals surface area contributed by atoms with Crippen LogP contribution in [-0.4, -0.2) is 27.5 Å². The average molecular weight is 742 g/mol. The fourth-order valence-corrected chi connectivity index (χ4v) is 4.99. The van der Waals surface area contributed by atoms with Crippen molar-refractivity contribution in [2.75, 3.05) is 17.8 Å². The van der Waals surface area contributed by atoms with E-state index in [2.05, 4.69) is 44.5 Å². The van der Waals surface area contributed by atoms with Gasteiger partial charge in [-0.2, -0.15) is 10.2 Å². The van der Waals surface area contributed by atoms with E-state index in [1.165, 1.54) is 6.07 Å². The second kappa shape index (κ2) is 17.6. The third kappa shape index (κ3) is 9.55. The Labute approximate surface area is 292 Å². The second-order valence-corrected chi connectivity index (χ2v) is 11.0. The van der Waals surface area contributed by atoms with Crippen LogP contribution in [0.2, 0.25) is 0 Å². The summed E-state index contributed by atoms with van der Waals surface area (Å²) in [6.07, 6.45) is 0. The van der Waals surface area contributed by atoms with Crippen LogP contribution in [0.1, 0.15) is 5.56 Å². The van der Waals surface area contributed by atoms with Crippen LogP contribution in [0.25, 0.3) is 10.8 Å². The smallest absolute Gasteiger partial charge is 0.159 e. The monoisotopic (exact) mass is 741 g/mol.